The lowest BCUT2D eigenvalue weighted by atomic mass is 9.96. The summed E-state index contributed by atoms with van der Waals surface area (Å²) in [5.41, 5.74) is 0.815. The second-order valence-electron chi connectivity index (χ2n) is 7.73. The van der Waals surface area contributed by atoms with E-state index in [1.165, 1.54) is 18.4 Å². The summed E-state index contributed by atoms with van der Waals surface area (Å²) in [6.07, 6.45) is 2.75. The van der Waals surface area contributed by atoms with Crippen LogP contribution in [0.25, 0.3) is 0 Å². The van der Waals surface area contributed by atoms with E-state index in [1.807, 2.05) is 39.0 Å². The molecule has 1 atom stereocenters. The summed E-state index contributed by atoms with van der Waals surface area (Å²) in [6.45, 7) is 8.74. The van der Waals surface area contributed by atoms with E-state index in [9.17, 15) is 9.59 Å². The highest BCUT2D eigenvalue weighted by atomic mass is 16.2. The summed E-state index contributed by atoms with van der Waals surface area (Å²) in [7, 11) is 0. The van der Waals surface area contributed by atoms with Gasteiger partial charge in [0.25, 0.3) is 0 Å². The fraction of sp³-hybridized carbons (Fsp3) is 0.600. The van der Waals surface area contributed by atoms with Crippen LogP contribution >= 0.6 is 0 Å². The molecule has 1 unspecified atom stereocenters. The van der Waals surface area contributed by atoms with Crippen molar-refractivity contribution in [3.8, 4) is 0 Å². The van der Waals surface area contributed by atoms with Gasteiger partial charge in [-0.1, -0.05) is 51.1 Å². The van der Waals surface area contributed by atoms with Gasteiger partial charge in [0, 0.05) is 24.9 Å². The highest BCUT2D eigenvalue weighted by Crippen LogP contribution is 2.24. The summed E-state index contributed by atoms with van der Waals surface area (Å²) in [4.78, 5) is 26.4. The Morgan fingerprint density at radius 2 is 1.72 bits per heavy atom. The molecule has 1 heterocycles. The van der Waals surface area contributed by atoms with Crippen molar-refractivity contribution in [1.82, 2.24) is 15.5 Å². The lowest BCUT2D eigenvalue weighted by Gasteiger charge is -2.28. The van der Waals surface area contributed by atoms with Gasteiger partial charge in [0.2, 0.25) is 11.8 Å². The minimum Gasteiger partial charge on any atom is -0.355 e. The van der Waals surface area contributed by atoms with Crippen LogP contribution < -0.4 is 10.6 Å². The van der Waals surface area contributed by atoms with Gasteiger partial charge in [0.1, 0.15) is 0 Å². The molecule has 5 nitrogen and oxygen atoms in total. The van der Waals surface area contributed by atoms with Crippen molar-refractivity contribution in [2.24, 2.45) is 5.41 Å². The van der Waals surface area contributed by atoms with Crippen molar-refractivity contribution in [1.29, 1.82) is 0 Å². The number of likely N-dealkylation sites (tertiary alicyclic amines) is 1. The highest BCUT2D eigenvalue weighted by Gasteiger charge is 2.24. The smallest absolute Gasteiger partial charge is 0.225 e. The van der Waals surface area contributed by atoms with Gasteiger partial charge in [-0.3, -0.25) is 14.5 Å². The maximum atomic E-state index is 12.1. The van der Waals surface area contributed by atoms with E-state index in [-0.39, 0.29) is 17.9 Å². The number of nitrogens with zero attached hydrogens (tertiary/aromatic N) is 1. The predicted molar refractivity (Wildman–Crippen MR) is 100 cm³/mol. The maximum Gasteiger partial charge on any atom is 0.225 e. The summed E-state index contributed by atoms with van der Waals surface area (Å²) >= 11 is 0. The van der Waals surface area contributed by atoms with E-state index in [1.54, 1.807) is 0 Å². The lowest BCUT2D eigenvalue weighted by molar-refractivity contribution is -0.128. The molecule has 1 aromatic carbocycles. The molecule has 0 bridgehead atoms. The third-order valence-electron chi connectivity index (χ3n) is 4.58. The number of rotatable bonds is 7. The van der Waals surface area contributed by atoms with Crippen molar-refractivity contribution >= 4 is 11.8 Å². The monoisotopic (exact) mass is 345 g/mol. The zero-order chi connectivity index (χ0) is 18.3. The van der Waals surface area contributed by atoms with Gasteiger partial charge in [-0.2, -0.15) is 0 Å². The first-order valence-electron chi connectivity index (χ1n) is 9.22. The minimum atomic E-state index is -0.426. The van der Waals surface area contributed by atoms with E-state index in [0.717, 1.165) is 13.1 Å². The fourth-order valence-corrected chi connectivity index (χ4v) is 3.04. The molecule has 138 valence electrons. The number of nitrogens with one attached hydrogen (secondary N) is 2. The summed E-state index contributed by atoms with van der Waals surface area (Å²) in [5.74, 6) is -0.0473. The Kier molecular flexibility index (Phi) is 7.00. The Morgan fingerprint density at radius 1 is 1.08 bits per heavy atom. The Hall–Kier alpha value is -1.88. The molecule has 0 aliphatic carbocycles. The second-order valence-corrected chi connectivity index (χ2v) is 7.73. The molecule has 2 amide bonds. The Balaban J connectivity index is 1.82. The quantitative estimate of drug-likeness (QED) is 0.798. The first kappa shape index (κ1) is 19.4. The third-order valence-corrected chi connectivity index (χ3v) is 4.58. The molecule has 1 saturated heterocycles. The molecule has 0 aromatic heterocycles. The largest absolute Gasteiger partial charge is 0.355 e. The van der Waals surface area contributed by atoms with Crippen LogP contribution in [0.4, 0.5) is 0 Å². The van der Waals surface area contributed by atoms with Gasteiger partial charge in [-0.15, -0.1) is 0 Å². The molecule has 0 saturated carbocycles. The van der Waals surface area contributed by atoms with E-state index >= 15 is 0 Å². The standard InChI is InChI=1S/C20H31N3O2/c1-20(2,3)19(25)21-12-11-18(24)22-15-17(23-13-7-8-14-23)16-9-5-4-6-10-16/h4-6,9-10,17H,7-8,11-15H2,1-3H3,(H,21,25)(H,22,24). The third kappa shape index (κ3) is 6.16. The molecule has 2 N–H and O–H groups in total. The van der Waals surface area contributed by atoms with E-state index < -0.39 is 5.41 Å². The van der Waals surface area contributed by atoms with Crippen LogP contribution in [0.1, 0.15) is 51.6 Å². The number of hydrogen-bond donors (Lipinski definition) is 2. The van der Waals surface area contributed by atoms with Gasteiger partial charge in [-0.05, 0) is 31.5 Å². The number of benzene rings is 1. The van der Waals surface area contributed by atoms with Crippen molar-refractivity contribution in [3.05, 3.63) is 35.9 Å². The van der Waals surface area contributed by atoms with Crippen LogP contribution in [-0.4, -0.2) is 42.9 Å². The summed E-state index contributed by atoms with van der Waals surface area (Å²) in [6, 6.07) is 10.6. The van der Waals surface area contributed by atoms with Crippen molar-refractivity contribution in [3.63, 3.8) is 0 Å². The Labute approximate surface area is 151 Å². The van der Waals surface area contributed by atoms with Gasteiger partial charge >= 0.3 is 0 Å². The second kappa shape index (κ2) is 8.99. The Morgan fingerprint density at radius 3 is 2.32 bits per heavy atom. The maximum absolute atomic E-state index is 12.1. The molecule has 0 radical (unpaired) electrons. The number of carbonyl (C=O) groups excluding carboxylic acids is 2. The van der Waals surface area contributed by atoms with Crippen molar-refractivity contribution < 1.29 is 9.59 Å². The van der Waals surface area contributed by atoms with Crippen LogP contribution in [0.3, 0.4) is 0 Å². The molecule has 1 aromatic rings. The van der Waals surface area contributed by atoms with Gasteiger partial charge in [0.05, 0.1) is 6.04 Å². The normalized spacial score (nSPS) is 16.4. The summed E-state index contributed by atoms with van der Waals surface area (Å²) in [5, 5.41) is 5.86. The first-order chi connectivity index (χ1) is 11.9. The summed E-state index contributed by atoms with van der Waals surface area (Å²) < 4.78 is 0. The van der Waals surface area contributed by atoms with Gasteiger partial charge < -0.3 is 10.6 Å². The van der Waals surface area contributed by atoms with E-state index in [0.29, 0.717) is 19.5 Å². The van der Waals surface area contributed by atoms with Crippen LogP contribution in [0.5, 0.6) is 0 Å². The van der Waals surface area contributed by atoms with Gasteiger partial charge in [0.15, 0.2) is 0 Å². The molecular formula is C20H31N3O2. The highest BCUT2D eigenvalue weighted by molar-refractivity contribution is 5.82. The number of carbonyl (C=O) groups is 2. The van der Waals surface area contributed by atoms with E-state index in [2.05, 4.69) is 27.7 Å². The van der Waals surface area contributed by atoms with E-state index in [4.69, 9.17) is 0 Å². The molecule has 1 aliphatic rings. The molecule has 5 heteroatoms. The van der Waals surface area contributed by atoms with Crippen LogP contribution in [0, 0.1) is 5.41 Å². The SMILES string of the molecule is CC(C)(C)C(=O)NCCC(=O)NCC(c1ccccc1)N1CCCC1. The van der Waals surface area contributed by atoms with Crippen LogP contribution in [-0.2, 0) is 9.59 Å². The minimum absolute atomic E-state index is 0.0191. The topological polar surface area (TPSA) is 61.4 Å². The molecule has 0 spiro atoms. The van der Waals surface area contributed by atoms with Crippen LogP contribution in [0.2, 0.25) is 0 Å². The van der Waals surface area contributed by atoms with Crippen molar-refractivity contribution in [2.45, 2.75) is 46.1 Å². The molecule has 1 fully saturated rings. The zero-order valence-electron chi connectivity index (χ0n) is 15.7. The number of hydrogen-bond acceptors (Lipinski definition) is 3. The average molecular weight is 345 g/mol. The lowest BCUT2D eigenvalue weighted by Crippen LogP contribution is -2.39. The van der Waals surface area contributed by atoms with Crippen LogP contribution in [0.15, 0.2) is 30.3 Å². The molecule has 1 aliphatic heterocycles. The zero-order valence-corrected chi connectivity index (χ0v) is 15.7. The number of amides is 2. The van der Waals surface area contributed by atoms with Crippen molar-refractivity contribution in [2.75, 3.05) is 26.2 Å². The molecular weight excluding hydrogens is 314 g/mol. The predicted octanol–water partition coefficient (Wildman–Crippen LogP) is 2.49. The Bertz CT molecular complexity index is 560. The fourth-order valence-electron chi connectivity index (χ4n) is 3.04. The van der Waals surface area contributed by atoms with Gasteiger partial charge in [-0.25, -0.2) is 0 Å². The average Bonchev–Trinajstić information content (AvgIpc) is 3.09. The molecule has 25 heavy (non-hydrogen) atoms. The first-order valence-corrected chi connectivity index (χ1v) is 9.22. The molecule has 2 rings (SSSR count).